The van der Waals surface area contributed by atoms with Crippen LogP contribution in [0.2, 0.25) is 0 Å². The summed E-state index contributed by atoms with van der Waals surface area (Å²) >= 11 is 0. The van der Waals surface area contributed by atoms with Gasteiger partial charge in [-0.05, 0) is 25.6 Å². The largest absolute Gasteiger partial charge is 0.369 e. The minimum Gasteiger partial charge on any atom is -0.369 e. The molecule has 0 radical (unpaired) electrons. The highest BCUT2D eigenvalue weighted by Gasteiger charge is 2.21. The van der Waals surface area contributed by atoms with E-state index in [2.05, 4.69) is 22.2 Å². The average molecular weight is 238 g/mol. The molecule has 0 unspecified atom stereocenters. The number of hydrogen-bond donors (Lipinski definition) is 3. The lowest BCUT2D eigenvalue weighted by Crippen LogP contribution is -2.43. The maximum Gasteiger partial charge on any atom is 0.232 e. The van der Waals surface area contributed by atoms with E-state index in [4.69, 9.17) is 5.73 Å². The number of carbonyl (C=O) groups is 1. The molecule has 0 aliphatic rings. The van der Waals surface area contributed by atoms with Crippen LogP contribution in [-0.2, 0) is 4.79 Å². The molecule has 0 fully saturated rings. The minimum atomic E-state index is -0.503. The number of rotatable bonds is 3. The van der Waals surface area contributed by atoms with Crippen molar-refractivity contribution in [2.75, 3.05) is 0 Å². The molecule has 96 valence electrons. The Morgan fingerprint density at radius 3 is 2.24 bits per heavy atom. The monoisotopic (exact) mass is 238 g/mol. The number of nitrogens with one attached hydrogen (secondary N) is 2. The SMILES string of the molecule is C=CNC(/N=C(\N)NC(=O)C(C)(C)C)=C(C)C. The van der Waals surface area contributed by atoms with Crippen molar-refractivity contribution >= 4 is 11.9 Å². The van der Waals surface area contributed by atoms with Crippen molar-refractivity contribution < 1.29 is 4.79 Å². The zero-order valence-corrected chi connectivity index (χ0v) is 11.2. The number of hydrogen-bond acceptors (Lipinski definition) is 3. The number of nitrogens with two attached hydrogens (primary N) is 1. The second-order valence-electron chi connectivity index (χ2n) is 4.90. The van der Waals surface area contributed by atoms with Crippen LogP contribution in [0.25, 0.3) is 0 Å². The summed E-state index contributed by atoms with van der Waals surface area (Å²) in [5.74, 6) is 0.465. The van der Waals surface area contributed by atoms with Gasteiger partial charge in [-0.1, -0.05) is 27.4 Å². The Balaban J connectivity index is 4.81. The van der Waals surface area contributed by atoms with Crippen LogP contribution < -0.4 is 16.4 Å². The van der Waals surface area contributed by atoms with Crippen LogP contribution in [0, 0.1) is 5.41 Å². The second kappa shape index (κ2) is 6.08. The zero-order valence-electron chi connectivity index (χ0n) is 11.2. The van der Waals surface area contributed by atoms with Crippen molar-refractivity contribution in [3.8, 4) is 0 Å². The highest BCUT2D eigenvalue weighted by molar-refractivity contribution is 5.98. The Kier molecular flexibility index (Phi) is 5.44. The molecule has 0 bridgehead atoms. The fraction of sp³-hybridized carbons (Fsp3) is 0.500. The van der Waals surface area contributed by atoms with Crippen LogP contribution in [0.3, 0.4) is 0 Å². The maximum absolute atomic E-state index is 11.7. The number of nitrogens with zero attached hydrogens (tertiary/aromatic N) is 1. The van der Waals surface area contributed by atoms with Gasteiger partial charge in [0.15, 0.2) is 0 Å². The van der Waals surface area contributed by atoms with E-state index in [1.807, 2.05) is 13.8 Å². The van der Waals surface area contributed by atoms with Crippen LogP contribution in [0.5, 0.6) is 0 Å². The van der Waals surface area contributed by atoms with Gasteiger partial charge in [-0.25, -0.2) is 0 Å². The molecule has 0 aliphatic carbocycles. The van der Waals surface area contributed by atoms with E-state index in [9.17, 15) is 4.79 Å². The Morgan fingerprint density at radius 1 is 1.35 bits per heavy atom. The molecule has 0 heterocycles. The van der Waals surface area contributed by atoms with E-state index in [1.54, 1.807) is 20.8 Å². The fourth-order valence-electron chi connectivity index (χ4n) is 0.837. The van der Waals surface area contributed by atoms with Crippen LogP contribution in [0.1, 0.15) is 34.6 Å². The predicted molar refractivity (Wildman–Crippen MR) is 70.9 cm³/mol. The smallest absolute Gasteiger partial charge is 0.232 e. The predicted octanol–water partition coefficient (Wildman–Crippen LogP) is 1.45. The third kappa shape index (κ3) is 5.75. The van der Waals surface area contributed by atoms with Crippen molar-refractivity contribution in [3.63, 3.8) is 0 Å². The standard InChI is InChI=1S/C12H22N4O/c1-7-14-9(8(2)3)15-11(13)16-10(17)12(4,5)6/h7,14H,1H2,2-6H3,(H3,13,15,16,17). The van der Waals surface area contributed by atoms with Crippen molar-refractivity contribution in [3.05, 3.63) is 24.2 Å². The quantitative estimate of drug-likeness (QED) is 0.514. The van der Waals surface area contributed by atoms with Crippen molar-refractivity contribution in [2.24, 2.45) is 16.1 Å². The van der Waals surface area contributed by atoms with Crippen molar-refractivity contribution in [1.82, 2.24) is 10.6 Å². The Bertz CT molecular complexity index is 357. The first-order chi connectivity index (χ1) is 7.68. The summed E-state index contributed by atoms with van der Waals surface area (Å²) < 4.78 is 0. The first kappa shape index (κ1) is 15.2. The Morgan fingerprint density at radius 2 is 1.88 bits per heavy atom. The van der Waals surface area contributed by atoms with E-state index >= 15 is 0 Å². The molecule has 0 saturated carbocycles. The van der Waals surface area contributed by atoms with Gasteiger partial charge in [-0.3, -0.25) is 10.1 Å². The van der Waals surface area contributed by atoms with Gasteiger partial charge in [0.25, 0.3) is 0 Å². The number of guanidine groups is 1. The molecule has 5 heteroatoms. The number of aliphatic imine (C=N–C) groups is 1. The van der Waals surface area contributed by atoms with E-state index in [0.29, 0.717) is 5.82 Å². The fourth-order valence-corrected chi connectivity index (χ4v) is 0.837. The molecule has 1 amide bonds. The summed E-state index contributed by atoms with van der Waals surface area (Å²) in [4.78, 5) is 15.7. The molecule has 5 nitrogen and oxygen atoms in total. The topological polar surface area (TPSA) is 79.5 Å². The summed E-state index contributed by atoms with van der Waals surface area (Å²) in [6, 6.07) is 0. The van der Waals surface area contributed by atoms with Gasteiger partial charge in [-0.15, -0.1) is 0 Å². The average Bonchev–Trinajstić information content (AvgIpc) is 2.15. The number of amides is 1. The molecule has 0 atom stereocenters. The van der Waals surface area contributed by atoms with Gasteiger partial charge in [0.05, 0.1) is 0 Å². The van der Waals surface area contributed by atoms with Crippen molar-refractivity contribution in [1.29, 1.82) is 0 Å². The number of carbonyl (C=O) groups excluding carboxylic acids is 1. The van der Waals surface area contributed by atoms with E-state index in [1.165, 1.54) is 6.20 Å². The van der Waals surface area contributed by atoms with E-state index in [0.717, 1.165) is 5.57 Å². The lowest BCUT2D eigenvalue weighted by atomic mass is 9.96. The minimum absolute atomic E-state index is 0.0653. The summed E-state index contributed by atoms with van der Waals surface area (Å²) in [7, 11) is 0. The molecule has 0 rings (SSSR count). The van der Waals surface area contributed by atoms with Crippen molar-refractivity contribution in [2.45, 2.75) is 34.6 Å². The number of allylic oxidation sites excluding steroid dienone is 1. The third-order valence-electron chi connectivity index (χ3n) is 1.87. The molecule has 0 aromatic rings. The van der Waals surface area contributed by atoms with E-state index in [-0.39, 0.29) is 11.9 Å². The molecular weight excluding hydrogens is 216 g/mol. The molecule has 0 aromatic carbocycles. The van der Waals surface area contributed by atoms with Crippen LogP contribution in [0.15, 0.2) is 29.2 Å². The van der Waals surface area contributed by atoms with Crippen LogP contribution >= 0.6 is 0 Å². The molecular formula is C12H22N4O. The Hall–Kier alpha value is -1.78. The lowest BCUT2D eigenvalue weighted by molar-refractivity contribution is -0.126. The van der Waals surface area contributed by atoms with E-state index < -0.39 is 5.41 Å². The van der Waals surface area contributed by atoms with Gasteiger partial charge in [0.2, 0.25) is 11.9 Å². The maximum atomic E-state index is 11.7. The first-order valence-corrected chi connectivity index (χ1v) is 5.39. The van der Waals surface area contributed by atoms with Gasteiger partial charge in [-0.2, -0.15) is 4.99 Å². The first-order valence-electron chi connectivity index (χ1n) is 5.39. The van der Waals surface area contributed by atoms with Gasteiger partial charge >= 0.3 is 0 Å². The van der Waals surface area contributed by atoms with Crippen LogP contribution in [-0.4, -0.2) is 11.9 Å². The van der Waals surface area contributed by atoms with Gasteiger partial charge in [0.1, 0.15) is 5.82 Å². The zero-order chi connectivity index (χ0) is 13.6. The molecule has 0 aromatic heterocycles. The summed E-state index contributed by atoms with van der Waals surface area (Å²) in [6.07, 6.45) is 1.50. The van der Waals surface area contributed by atoms with Gasteiger partial charge in [0, 0.05) is 5.41 Å². The highest BCUT2D eigenvalue weighted by Crippen LogP contribution is 2.12. The second-order valence-corrected chi connectivity index (χ2v) is 4.90. The molecule has 0 aliphatic heterocycles. The Labute approximate surface area is 103 Å². The van der Waals surface area contributed by atoms with Crippen LogP contribution in [0.4, 0.5) is 0 Å². The summed E-state index contributed by atoms with van der Waals surface area (Å²) in [5, 5.41) is 5.39. The van der Waals surface area contributed by atoms with Gasteiger partial charge < -0.3 is 11.1 Å². The molecule has 17 heavy (non-hydrogen) atoms. The molecule has 4 N–H and O–H groups in total. The molecule has 0 saturated heterocycles. The third-order valence-corrected chi connectivity index (χ3v) is 1.87. The summed E-state index contributed by atoms with van der Waals surface area (Å²) in [6.45, 7) is 12.7. The lowest BCUT2D eigenvalue weighted by Gasteiger charge is -2.17. The highest BCUT2D eigenvalue weighted by atomic mass is 16.2. The molecule has 0 spiro atoms. The normalized spacial score (nSPS) is 11.7. The summed E-state index contributed by atoms with van der Waals surface area (Å²) in [5.41, 5.74) is 6.09.